The Morgan fingerprint density at radius 1 is 1.40 bits per heavy atom. The van der Waals surface area contributed by atoms with Crippen LogP contribution in [-0.4, -0.2) is 15.8 Å². The topological polar surface area (TPSA) is 29.9 Å². The lowest BCUT2D eigenvalue weighted by atomic mass is 10.3. The SMILES string of the molecule is CCc1nn(CC)c(CNC(C)C)c1Cl. The molecule has 0 amide bonds. The van der Waals surface area contributed by atoms with Crippen molar-refractivity contribution in [2.75, 3.05) is 0 Å². The molecule has 1 heterocycles. The van der Waals surface area contributed by atoms with E-state index in [-0.39, 0.29) is 0 Å². The molecule has 0 aliphatic carbocycles. The largest absolute Gasteiger partial charge is 0.309 e. The Morgan fingerprint density at radius 2 is 2.07 bits per heavy atom. The molecule has 0 fully saturated rings. The van der Waals surface area contributed by atoms with Gasteiger partial charge in [-0.1, -0.05) is 32.4 Å². The summed E-state index contributed by atoms with van der Waals surface area (Å²) in [5.74, 6) is 0. The van der Waals surface area contributed by atoms with Gasteiger partial charge in [0.25, 0.3) is 0 Å². The Kier molecular flexibility index (Phi) is 4.61. The van der Waals surface area contributed by atoms with Gasteiger partial charge in [0.1, 0.15) is 0 Å². The summed E-state index contributed by atoms with van der Waals surface area (Å²) in [6.45, 7) is 10.1. The van der Waals surface area contributed by atoms with Crippen LogP contribution in [0.5, 0.6) is 0 Å². The second-order valence-electron chi connectivity index (χ2n) is 3.91. The number of halogens is 1. The first-order valence-corrected chi connectivity index (χ1v) is 5.95. The number of nitrogens with one attached hydrogen (secondary N) is 1. The summed E-state index contributed by atoms with van der Waals surface area (Å²) in [7, 11) is 0. The van der Waals surface area contributed by atoms with Crippen LogP contribution in [0.25, 0.3) is 0 Å². The van der Waals surface area contributed by atoms with E-state index in [4.69, 9.17) is 11.6 Å². The molecule has 0 saturated heterocycles. The number of nitrogens with zero attached hydrogens (tertiary/aromatic N) is 2. The smallest absolute Gasteiger partial charge is 0.0863 e. The quantitative estimate of drug-likeness (QED) is 0.841. The fourth-order valence-electron chi connectivity index (χ4n) is 1.49. The highest BCUT2D eigenvalue weighted by Crippen LogP contribution is 2.21. The van der Waals surface area contributed by atoms with E-state index in [1.165, 1.54) is 0 Å². The molecule has 0 bridgehead atoms. The summed E-state index contributed by atoms with van der Waals surface area (Å²) < 4.78 is 1.98. The molecule has 86 valence electrons. The number of aromatic nitrogens is 2. The highest BCUT2D eigenvalue weighted by Gasteiger charge is 2.13. The molecule has 0 atom stereocenters. The number of rotatable bonds is 5. The van der Waals surface area contributed by atoms with Gasteiger partial charge in [-0.05, 0) is 13.3 Å². The predicted molar refractivity (Wildman–Crippen MR) is 64.3 cm³/mol. The Balaban J connectivity index is 2.88. The van der Waals surface area contributed by atoms with E-state index in [0.717, 1.165) is 35.9 Å². The van der Waals surface area contributed by atoms with Crippen molar-refractivity contribution in [1.29, 1.82) is 0 Å². The number of aryl methyl sites for hydroxylation is 2. The third-order valence-corrected chi connectivity index (χ3v) is 2.81. The van der Waals surface area contributed by atoms with Gasteiger partial charge in [0.05, 0.1) is 16.4 Å². The van der Waals surface area contributed by atoms with E-state index in [1.807, 2.05) is 4.68 Å². The summed E-state index contributed by atoms with van der Waals surface area (Å²) in [4.78, 5) is 0. The monoisotopic (exact) mass is 229 g/mol. The van der Waals surface area contributed by atoms with Crippen molar-refractivity contribution in [1.82, 2.24) is 15.1 Å². The van der Waals surface area contributed by atoms with Crippen LogP contribution in [0, 0.1) is 0 Å². The van der Waals surface area contributed by atoms with E-state index in [2.05, 4.69) is 38.1 Å². The molecule has 1 rings (SSSR count). The Bertz CT molecular complexity index is 318. The third-order valence-electron chi connectivity index (χ3n) is 2.37. The van der Waals surface area contributed by atoms with Gasteiger partial charge in [-0.2, -0.15) is 5.10 Å². The minimum Gasteiger partial charge on any atom is -0.309 e. The van der Waals surface area contributed by atoms with Crippen molar-refractivity contribution in [2.45, 2.75) is 53.2 Å². The maximum absolute atomic E-state index is 6.27. The predicted octanol–water partition coefficient (Wildman–Crippen LogP) is 2.62. The minimum absolute atomic E-state index is 0.464. The highest BCUT2D eigenvalue weighted by atomic mass is 35.5. The zero-order chi connectivity index (χ0) is 11.4. The van der Waals surface area contributed by atoms with Crippen molar-refractivity contribution < 1.29 is 0 Å². The molecule has 0 radical (unpaired) electrons. The van der Waals surface area contributed by atoms with Crippen molar-refractivity contribution in [2.24, 2.45) is 0 Å². The third kappa shape index (κ3) is 2.95. The van der Waals surface area contributed by atoms with E-state index < -0.39 is 0 Å². The molecule has 0 saturated carbocycles. The second-order valence-corrected chi connectivity index (χ2v) is 4.29. The normalized spacial score (nSPS) is 11.3. The molecule has 0 unspecified atom stereocenters. The second kappa shape index (κ2) is 5.52. The van der Waals surface area contributed by atoms with Crippen LogP contribution in [0.15, 0.2) is 0 Å². The number of hydrogen-bond donors (Lipinski definition) is 1. The zero-order valence-corrected chi connectivity index (χ0v) is 10.7. The molecule has 3 nitrogen and oxygen atoms in total. The maximum atomic E-state index is 6.27. The van der Waals surface area contributed by atoms with Gasteiger partial charge in [-0.15, -0.1) is 0 Å². The fourth-order valence-corrected chi connectivity index (χ4v) is 1.82. The lowest BCUT2D eigenvalue weighted by Gasteiger charge is -2.09. The van der Waals surface area contributed by atoms with Crippen LogP contribution in [0.2, 0.25) is 5.02 Å². The summed E-state index contributed by atoms with van der Waals surface area (Å²) in [5.41, 5.74) is 2.10. The summed E-state index contributed by atoms with van der Waals surface area (Å²) in [6, 6.07) is 0.464. The average molecular weight is 230 g/mol. The van der Waals surface area contributed by atoms with Gasteiger partial charge in [0.15, 0.2) is 0 Å². The minimum atomic E-state index is 0.464. The molecular weight excluding hydrogens is 210 g/mol. The van der Waals surface area contributed by atoms with Gasteiger partial charge in [-0.3, -0.25) is 4.68 Å². The van der Waals surface area contributed by atoms with Crippen LogP contribution < -0.4 is 5.32 Å². The van der Waals surface area contributed by atoms with Crippen LogP contribution in [0.4, 0.5) is 0 Å². The van der Waals surface area contributed by atoms with Crippen LogP contribution in [-0.2, 0) is 19.5 Å². The molecule has 0 spiro atoms. The first-order chi connectivity index (χ1) is 7.10. The van der Waals surface area contributed by atoms with Gasteiger partial charge < -0.3 is 5.32 Å². The van der Waals surface area contributed by atoms with E-state index in [1.54, 1.807) is 0 Å². The lowest BCUT2D eigenvalue weighted by molar-refractivity contribution is 0.539. The molecular formula is C11H20ClN3. The molecule has 0 aromatic carbocycles. The van der Waals surface area contributed by atoms with Crippen molar-refractivity contribution in [3.05, 3.63) is 16.4 Å². The van der Waals surface area contributed by atoms with Crippen LogP contribution in [0.1, 0.15) is 39.1 Å². The standard InChI is InChI=1S/C11H20ClN3/c1-5-9-11(12)10(7-13-8(3)4)15(6-2)14-9/h8,13H,5-7H2,1-4H3. The molecule has 0 aliphatic rings. The summed E-state index contributed by atoms with van der Waals surface area (Å²) in [5, 5.41) is 8.67. The van der Waals surface area contributed by atoms with Crippen molar-refractivity contribution in [3.63, 3.8) is 0 Å². The molecule has 1 N–H and O–H groups in total. The van der Waals surface area contributed by atoms with Crippen LogP contribution >= 0.6 is 11.6 Å². The highest BCUT2D eigenvalue weighted by molar-refractivity contribution is 6.31. The van der Waals surface area contributed by atoms with Crippen molar-refractivity contribution in [3.8, 4) is 0 Å². The van der Waals surface area contributed by atoms with Gasteiger partial charge >= 0.3 is 0 Å². The van der Waals surface area contributed by atoms with Crippen LogP contribution in [0.3, 0.4) is 0 Å². The van der Waals surface area contributed by atoms with Gasteiger partial charge in [0, 0.05) is 19.1 Å². The first-order valence-electron chi connectivity index (χ1n) is 5.57. The Hall–Kier alpha value is -0.540. The average Bonchev–Trinajstić information content (AvgIpc) is 2.51. The first kappa shape index (κ1) is 12.5. The molecule has 1 aromatic rings. The summed E-state index contributed by atoms with van der Waals surface area (Å²) in [6.07, 6.45) is 0.889. The molecule has 1 aromatic heterocycles. The summed E-state index contributed by atoms with van der Waals surface area (Å²) >= 11 is 6.27. The van der Waals surface area contributed by atoms with Gasteiger partial charge in [0.2, 0.25) is 0 Å². The molecule has 15 heavy (non-hydrogen) atoms. The fraction of sp³-hybridized carbons (Fsp3) is 0.727. The van der Waals surface area contributed by atoms with E-state index >= 15 is 0 Å². The van der Waals surface area contributed by atoms with E-state index in [0.29, 0.717) is 6.04 Å². The van der Waals surface area contributed by atoms with Crippen molar-refractivity contribution >= 4 is 11.6 Å². The zero-order valence-electron chi connectivity index (χ0n) is 9.97. The number of hydrogen-bond acceptors (Lipinski definition) is 2. The lowest BCUT2D eigenvalue weighted by Crippen LogP contribution is -2.23. The Labute approximate surface area is 96.8 Å². The van der Waals surface area contributed by atoms with Gasteiger partial charge in [-0.25, -0.2) is 0 Å². The van der Waals surface area contributed by atoms with E-state index in [9.17, 15) is 0 Å². The maximum Gasteiger partial charge on any atom is 0.0863 e. The molecule has 4 heteroatoms. The Morgan fingerprint density at radius 3 is 2.53 bits per heavy atom. The molecule has 0 aliphatic heterocycles.